The van der Waals surface area contributed by atoms with Crippen LogP contribution in [0.2, 0.25) is 0 Å². The Morgan fingerprint density at radius 3 is 2.48 bits per heavy atom. The third-order valence-electron chi connectivity index (χ3n) is 3.94. The molecule has 0 unspecified atom stereocenters. The van der Waals surface area contributed by atoms with Crippen LogP contribution in [0.1, 0.15) is 32.2 Å². The number of para-hydroxylation sites is 1. The molecule has 0 bridgehead atoms. The number of hydrogen-bond acceptors (Lipinski definition) is 4. The summed E-state index contributed by atoms with van der Waals surface area (Å²) in [4.78, 5) is 24.3. The predicted octanol–water partition coefficient (Wildman–Crippen LogP) is 1.57. The monoisotopic (exact) mass is 338 g/mol. The lowest BCUT2D eigenvalue weighted by Crippen LogP contribution is -2.20. The molecule has 0 aliphatic heterocycles. The topological polar surface area (TPSA) is 108 Å². The zero-order valence-corrected chi connectivity index (χ0v) is 14.1. The molecule has 0 fully saturated rings. The Bertz CT molecular complexity index is 955. The minimum absolute atomic E-state index is 0.138. The summed E-state index contributed by atoms with van der Waals surface area (Å²) in [5, 5.41) is 11.1. The van der Waals surface area contributed by atoms with Crippen LogP contribution < -0.4 is 11.1 Å². The van der Waals surface area contributed by atoms with Gasteiger partial charge in [-0.2, -0.15) is 10.2 Å². The standard InChI is InChI=1S/C17H18N6O2/c1-10-14(11(2)23(21-10)12-7-5-4-6-8-12)17(25)20-13-9-19-22(3)15(13)16(18)24/h4-9H,1-3H3,(H2,18,24)(H,20,25). The summed E-state index contributed by atoms with van der Waals surface area (Å²) in [6.07, 6.45) is 1.39. The summed E-state index contributed by atoms with van der Waals surface area (Å²) in [7, 11) is 1.58. The lowest BCUT2D eigenvalue weighted by Gasteiger charge is -2.07. The SMILES string of the molecule is Cc1nn(-c2ccccc2)c(C)c1C(=O)Nc1cnn(C)c1C(N)=O. The van der Waals surface area contributed by atoms with E-state index in [1.165, 1.54) is 10.9 Å². The van der Waals surface area contributed by atoms with Gasteiger partial charge in [0.05, 0.1) is 34.5 Å². The Balaban J connectivity index is 1.97. The maximum atomic E-state index is 12.7. The second kappa shape index (κ2) is 6.23. The molecule has 3 aromatic rings. The molecule has 128 valence electrons. The molecule has 8 heteroatoms. The summed E-state index contributed by atoms with van der Waals surface area (Å²) in [6, 6.07) is 9.54. The molecule has 0 saturated carbocycles. The molecule has 3 N–H and O–H groups in total. The minimum atomic E-state index is -0.663. The summed E-state index contributed by atoms with van der Waals surface area (Å²) in [5.74, 6) is -1.03. The Labute approximate surface area is 144 Å². The summed E-state index contributed by atoms with van der Waals surface area (Å²) < 4.78 is 3.04. The molecule has 0 saturated heterocycles. The van der Waals surface area contributed by atoms with Gasteiger partial charge in [-0.3, -0.25) is 14.3 Å². The zero-order valence-electron chi connectivity index (χ0n) is 14.1. The van der Waals surface area contributed by atoms with E-state index < -0.39 is 5.91 Å². The Hall–Kier alpha value is -3.42. The van der Waals surface area contributed by atoms with E-state index in [-0.39, 0.29) is 17.3 Å². The number of nitrogens with zero attached hydrogens (tertiary/aromatic N) is 4. The van der Waals surface area contributed by atoms with Gasteiger partial charge < -0.3 is 11.1 Å². The number of nitrogens with two attached hydrogens (primary N) is 1. The Kier molecular flexibility index (Phi) is 4.10. The van der Waals surface area contributed by atoms with E-state index in [1.54, 1.807) is 18.7 Å². The van der Waals surface area contributed by atoms with Gasteiger partial charge in [-0.15, -0.1) is 0 Å². The van der Waals surface area contributed by atoms with Gasteiger partial charge in [-0.05, 0) is 26.0 Å². The van der Waals surface area contributed by atoms with Gasteiger partial charge in [-0.25, -0.2) is 4.68 Å². The smallest absolute Gasteiger partial charge is 0.269 e. The first kappa shape index (κ1) is 16.4. The van der Waals surface area contributed by atoms with Gasteiger partial charge in [0.2, 0.25) is 0 Å². The number of anilines is 1. The van der Waals surface area contributed by atoms with E-state index in [4.69, 9.17) is 5.73 Å². The van der Waals surface area contributed by atoms with Crippen LogP contribution >= 0.6 is 0 Å². The lowest BCUT2D eigenvalue weighted by atomic mass is 10.1. The number of amides is 2. The van der Waals surface area contributed by atoms with Crippen LogP contribution in [0.3, 0.4) is 0 Å². The lowest BCUT2D eigenvalue weighted by molar-refractivity contribution is 0.0992. The average Bonchev–Trinajstić information content (AvgIpc) is 3.07. The molecule has 3 rings (SSSR count). The molecule has 2 amide bonds. The zero-order chi connectivity index (χ0) is 18.1. The number of primary amides is 1. The molecule has 8 nitrogen and oxygen atoms in total. The second-order valence-corrected chi connectivity index (χ2v) is 5.64. The highest BCUT2D eigenvalue weighted by molar-refractivity contribution is 6.09. The van der Waals surface area contributed by atoms with Crippen LogP contribution in [0.15, 0.2) is 36.5 Å². The van der Waals surface area contributed by atoms with E-state index in [0.717, 1.165) is 5.69 Å². The highest BCUT2D eigenvalue weighted by Crippen LogP contribution is 2.20. The largest absolute Gasteiger partial charge is 0.364 e. The molecule has 0 aliphatic rings. The van der Waals surface area contributed by atoms with E-state index >= 15 is 0 Å². The van der Waals surface area contributed by atoms with Gasteiger partial charge in [0.1, 0.15) is 5.69 Å². The molecule has 0 aliphatic carbocycles. The number of rotatable bonds is 4. The normalized spacial score (nSPS) is 10.7. The number of nitrogens with one attached hydrogen (secondary N) is 1. The fraction of sp³-hybridized carbons (Fsp3) is 0.176. The summed E-state index contributed by atoms with van der Waals surface area (Å²) >= 11 is 0. The van der Waals surface area contributed by atoms with Crippen LogP contribution in [0.5, 0.6) is 0 Å². The van der Waals surface area contributed by atoms with Crippen LogP contribution in [-0.4, -0.2) is 31.4 Å². The molecule has 2 heterocycles. The first-order valence-corrected chi connectivity index (χ1v) is 7.65. The van der Waals surface area contributed by atoms with Crippen molar-refractivity contribution in [1.29, 1.82) is 0 Å². The number of benzene rings is 1. The van der Waals surface area contributed by atoms with Gasteiger partial charge in [0.25, 0.3) is 11.8 Å². The van der Waals surface area contributed by atoms with Crippen molar-refractivity contribution < 1.29 is 9.59 Å². The summed E-state index contributed by atoms with van der Waals surface area (Å²) in [5.41, 5.74) is 8.35. The van der Waals surface area contributed by atoms with E-state index in [9.17, 15) is 9.59 Å². The highest BCUT2D eigenvalue weighted by atomic mass is 16.2. The molecule has 2 aromatic heterocycles. The first-order valence-electron chi connectivity index (χ1n) is 7.65. The molecule has 25 heavy (non-hydrogen) atoms. The second-order valence-electron chi connectivity index (χ2n) is 5.64. The van der Waals surface area contributed by atoms with Crippen molar-refractivity contribution in [3.63, 3.8) is 0 Å². The summed E-state index contributed by atoms with van der Waals surface area (Å²) in [6.45, 7) is 3.58. The highest BCUT2D eigenvalue weighted by Gasteiger charge is 2.22. The van der Waals surface area contributed by atoms with Crippen molar-refractivity contribution in [2.24, 2.45) is 12.8 Å². The van der Waals surface area contributed by atoms with E-state index in [2.05, 4.69) is 15.5 Å². The van der Waals surface area contributed by atoms with Gasteiger partial charge in [0, 0.05) is 7.05 Å². The van der Waals surface area contributed by atoms with Crippen molar-refractivity contribution in [3.8, 4) is 5.69 Å². The first-order chi connectivity index (χ1) is 11.9. The van der Waals surface area contributed by atoms with Crippen molar-refractivity contribution >= 4 is 17.5 Å². The van der Waals surface area contributed by atoms with Gasteiger partial charge in [0.15, 0.2) is 0 Å². The van der Waals surface area contributed by atoms with Gasteiger partial charge in [-0.1, -0.05) is 18.2 Å². The van der Waals surface area contributed by atoms with E-state index in [1.807, 2.05) is 37.3 Å². The molecular formula is C17H18N6O2. The third kappa shape index (κ3) is 2.89. The van der Waals surface area contributed by atoms with Crippen molar-refractivity contribution in [1.82, 2.24) is 19.6 Å². The average molecular weight is 338 g/mol. The fourth-order valence-corrected chi connectivity index (χ4v) is 2.80. The Morgan fingerprint density at radius 2 is 1.84 bits per heavy atom. The molecule has 1 aromatic carbocycles. The van der Waals surface area contributed by atoms with E-state index in [0.29, 0.717) is 17.0 Å². The predicted molar refractivity (Wildman–Crippen MR) is 92.7 cm³/mol. The molecular weight excluding hydrogens is 320 g/mol. The van der Waals surface area contributed by atoms with Crippen molar-refractivity contribution in [3.05, 3.63) is 59.2 Å². The number of hydrogen-bond donors (Lipinski definition) is 2. The maximum absolute atomic E-state index is 12.7. The number of aromatic nitrogens is 4. The van der Waals surface area contributed by atoms with Crippen LogP contribution in [-0.2, 0) is 7.05 Å². The fourth-order valence-electron chi connectivity index (χ4n) is 2.80. The Morgan fingerprint density at radius 1 is 1.16 bits per heavy atom. The molecule has 0 radical (unpaired) electrons. The third-order valence-corrected chi connectivity index (χ3v) is 3.94. The minimum Gasteiger partial charge on any atom is -0.364 e. The number of carbonyl (C=O) groups is 2. The van der Waals surface area contributed by atoms with Crippen molar-refractivity contribution in [2.75, 3.05) is 5.32 Å². The number of aryl methyl sites for hydroxylation is 2. The van der Waals surface area contributed by atoms with Crippen LogP contribution in [0.25, 0.3) is 5.69 Å². The van der Waals surface area contributed by atoms with Crippen LogP contribution in [0, 0.1) is 13.8 Å². The number of carbonyl (C=O) groups excluding carboxylic acids is 2. The van der Waals surface area contributed by atoms with Crippen LogP contribution in [0.4, 0.5) is 5.69 Å². The van der Waals surface area contributed by atoms with Crippen molar-refractivity contribution in [2.45, 2.75) is 13.8 Å². The molecule has 0 atom stereocenters. The maximum Gasteiger partial charge on any atom is 0.269 e. The molecule has 0 spiro atoms. The quantitative estimate of drug-likeness (QED) is 0.753. The van der Waals surface area contributed by atoms with Gasteiger partial charge >= 0.3 is 0 Å².